The Hall–Kier alpha value is -2.65. The van der Waals surface area contributed by atoms with E-state index in [-0.39, 0.29) is 5.91 Å². The van der Waals surface area contributed by atoms with Crippen LogP contribution in [0.1, 0.15) is 56.4 Å². The minimum Gasteiger partial charge on any atom is -0.317 e. The van der Waals surface area contributed by atoms with E-state index in [0.29, 0.717) is 19.0 Å². The number of thiophene rings is 1. The summed E-state index contributed by atoms with van der Waals surface area (Å²) in [5, 5.41) is 8.70. The number of nitrogens with zero attached hydrogens (tertiary/aromatic N) is 3. The number of benzene rings is 1. The van der Waals surface area contributed by atoms with Crippen molar-refractivity contribution < 1.29 is 4.79 Å². The number of pyridine rings is 1. The highest BCUT2D eigenvalue weighted by Gasteiger charge is 2.32. The van der Waals surface area contributed by atoms with Crippen LogP contribution in [0.2, 0.25) is 0 Å². The lowest BCUT2D eigenvalue weighted by Gasteiger charge is -2.39. The summed E-state index contributed by atoms with van der Waals surface area (Å²) in [5.41, 5.74) is 5.81. The molecule has 1 atom stereocenters. The molecule has 1 aromatic carbocycles. The SMILES string of the molecule is CC[C@H](C)NCCC(=O)Nc1sc2c(c1-c1nc3cc(-c4ccncc4)ccc3s1)CCN(C1CCC1)C2. The molecular weight excluding hydrogens is 510 g/mol. The Morgan fingerprint density at radius 1 is 1.16 bits per heavy atom. The molecule has 0 unspecified atom stereocenters. The van der Waals surface area contributed by atoms with Crippen LogP contribution < -0.4 is 10.6 Å². The fraction of sp³-hybridized carbons (Fsp3) is 0.433. The van der Waals surface area contributed by atoms with Crippen LogP contribution in [0.5, 0.6) is 0 Å². The molecule has 1 aliphatic heterocycles. The van der Waals surface area contributed by atoms with E-state index in [9.17, 15) is 4.79 Å². The van der Waals surface area contributed by atoms with Crippen molar-refractivity contribution in [3.05, 3.63) is 53.2 Å². The molecule has 0 saturated heterocycles. The molecule has 38 heavy (non-hydrogen) atoms. The zero-order valence-electron chi connectivity index (χ0n) is 22.1. The third-order valence-corrected chi connectivity index (χ3v) is 10.2. The maximum absolute atomic E-state index is 13.0. The Labute approximate surface area is 232 Å². The molecule has 2 N–H and O–H groups in total. The first-order valence-corrected chi connectivity index (χ1v) is 15.5. The maximum Gasteiger partial charge on any atom is 0.226 e. The van der Waals surface area contributed by atoms with E-state index in [1.165, 1.54) is 34.4 Å². The fourth-order valence-electron chi connectivity index (χ4n) is 5.32. The molecular formula is C30H35N5OS2. The van der Waals surface area contributed by atoms with Crippen molar-refractivity contribution in [1.29, 1.82) is 0 Å². The molecule has 6 rings (SSSR count). The molecule has 1 amide bonds. The summed E-state index contributed by atoms with van der Waals surface area (Å²) in [6.45, 7) is 7.08. The minimum atomic E-state index is 0.0672. The number of nitrogens with one attached hydrogen (secondary N) is 2. The smallest absolute Gasteiger partial charge is 0.226 e. The van der Waals surface area contributed by atoms with E-state index in [1.807, 2.05) is 24.5 Å². The molecule has 0 radical (unpaired) electrons. The number of carbonyl (C=O) groups is 1. The number of carbonyl (C=O) groups excluding carboxylic acids is 1. The Morgan fingerprint density at radius 3 is 2.76 bits per heavy atom. The first-order valence-electron chi connectivity index (χ1n) is 13.8. The van der Waals surface area contributed by atoms with E-state index >= 15 is 0 Å². The summed E-state index contributed by atoms with van der Waals surface area (Å²) in [6.07, 6.45) is 10.2. The van der Waals surface area contributed by atoms with Gasteiger partial charge >= 0.3 is 0 Å². The summed E-state index contributed by atoms with van der Waals surface area (Å²) >= 11 is 3.49. The van der Waals surface area contributed by atoms with Crippen LogP contribution in [0.25, 0.3) is 31.9 Å². The van der Waals surface area contributed by atoms with Crippen LogP contribution in [-0.4, -0.2) is 45.9 Å². The van der Waals surface area contributed by atoms with E-state index in [2.05, 4.69) is 52.6 Å². The summed E-state index contributed by atoms with van der Waals surface area (Å²) in [7, 11) is 0. The van der Waals surface area contributed by atoms with Gasteiger partial charge in [0.1, 0.15) is 10.0 Å². The molecule has 0 bridgehead atoms. The average Bonchev–Trinajstić information content (AvgIpc) is 3.47. The second-order valence-corrected chi connectivity index (χ2v) is 12.6. The van der Waals surface area contributed by atoms with Gasteiger partial charge in [-0.2, -0.15) is 0 Å². The highest BCUT2D eigenvalue weighted by molar-refractivity contribution is 7.23. The number of hydrogen-bond donors (Lipinski definition) is 2. The van der Waals surface area contributed by atoms with Gasteiger partial charge in [-0.05, 0) is 73.6 Å². The van der Waals surface area contributed by atoms with Gasteiger partial charge in [0.2, 0.25) is 5.91 Å². The molecule has 1 fully saturated rings. The molecule has 6 nitrogen and oxygen atoms in total. The standard InChI is InChI=1S/C30H35N5OS2/c1-3-19(2)32-15-11-27(36)34-30-28(23-12-16-35(18-26(23)38-30)22-5-4-6-22)29-33-24-17-21(7-8-25(24)37-29)20-9-13-31-14-10-20/h7-10,13-14,17,19,22,32H,3-6,11-12,15-16,18H2,1-2H3,(H,34,36)/t19-/m0/s1. The normalized spacial score (nSPS) is 16.8. The highest BCUT2D eigenvalue weighted by atomic mass is 32.1. The maximum atomic E-state index is 13.0. The van der Waals surface area contributed by atoms with Gasteiger partial charge in [0, 0.05) is 61.0 Å². The van der Waals surface area contributed by atoms with Gasteiger partial charge in [-0.15, -0.1) is 22.7 Å². The lowest BCUT2D eigenvalue weighted by molar-refractivity contribution is -0.116. The number of amides is 1. The van der Waals surface area contributed by atoms with Crippen LogP contribution in [0.3, 0.4) is 0 Å². The fourth-order valence-corrected chi connectivity index (χ4v) is 7.71. The molecule has 1 aliphatic carbocycles. The van der Waals surface area contributed by atoms with Crippen molar-refractivity contribution in [2.24, 2.45) is 0 Å². The Balaban J connectivity index is 1.31. The first kappa shape index (κ1) is 25.6. The quantitative estimate of drug-likeness (QED) is 0.245. The monoisotopic (exact) mass is 545 g/mol. The van der Waals surface area contributed by atoms with Gasteiger partial charge in [-0.25, -0.2) is 4.98 Å². The summed E-state index contributed by atoms with van der Waals surface area (Å²) in [4.78, 5) is 26.3. The van der Waals surface area contributed by atoms with Gasteiger partial charge in [-0.1, -0.05) is 19.4 Å². The van der Waals surface area contributed by atoms with Gasteiger partial charge < -0.3 is 10.6 Å². The predicted octanol–water partition coefficient (Wildman–Crippen LogP) is 6.71. The molecule has 2 aliphatic rings. The van der Waals surface area contributed by atoms with E-state index in [4.69, 9.17) is 4.98 Å². The predicted molar refractivity (Wildman–Crippen MR) is 159 cm³/mol. The van der Waals surface area contributed by atoms with Crippen molar-refractivity contribution in [3.63, 3.8) is 0 Å². The van der Waals surface area contributed by atoms with Crippen LogP contribution in [0.15, 0.2) is 42.7 Å². The first-order chi connectivity index (χ1) is 18.6. The van der Waals surface area contributed by atoms with E-state index in [0.717, 1.165) is 64.2 Å². The van der Waals surface area contributed by atoms with E-state index < -0.39 is 0 Å². The van der Waals surface area contributed by atoms with Gasteiger partial charge in [0.15, 0.2) is 0 Å². The number of fused-ring (bicyclic) bond motifs is 2. The molecule has 0 spiro atoms. The lowest BCUT2D eigenvalue weighted by Crippen LogP contribution is -2.42. The summed E-state index contributed by atoms with van der Waals surface area (Å²) < 4.78 is 1.17. The lowest BCUT2D eigenvalue weighted by atomic mass is 9.89. The van der Waals surface area contributed by atoms with Crippen molar-refractivity contribution >= 4 is 43.8 Å². The van der Waals surface area contributed by atoms with Crippen LogP contribution in [0.4, 0.5) is 5.00 Å². The van der Waals surface area contributed by atoms with Crippen molar-refractivity contribution in [2.45, 2.75) is 71.0 Å². The molecule has 4 heterocycles. The van der Waals surface area contributed by atoms with Gasteiger partial charge in [0.05, 0.1) is 10.2 Å². The molecule has 3 aromatic heterocycles. The van der Waals surface area contributed by atoms with Crippen molar-refractivity contribution in [2.75, 3.05) is 18.4 Å². The summed E-state index contributed by atoms with van der Waals surface area (Å²) in [6, 6.07) is 11.7. The number of aromatic nitrogens is 2. The Morgan fingerprint density at radius 2 is 2.00 bits per heavy atom. The Kier molecular flexibility index (Phi) is 7.56. The molecule has 1 saturated carbocycles. The van der Waals surface area contributed by atoms with Crippen LogP contribution >= 0.6 is 22.7 Å². The third-order valence-electron chi connectivity index (χ3n) is 8.00. The molecule has 198 valence electrons. The largest absolute Gasteiger partial charge is 0.317 e. The van der Waals surface area contributed by atoms with Crippen molar-refractivity contribution in [3.8, 4) is 21.7 Å². The van der Waals surface area contributed by atoms with Gasteiger partial charge in [-0.3, -0.25) is 14.7 Å². The molecule has 8 heteroatoms. The number of thiazole rings is 1. The zero-order chi connectivity index (χ0) is 26.1. The zero-order valence-corrected chi connectivity index (χ0v) is 23.8. The molecule has 4 aromatic rings. The van der Waals surface area contributed by atoms with E-state index in [1.54, 1.807) is 22.7 Å². The van der Waals surface area contributed by atoms with Gasteiger partial charge in [0.25, 0.3) is 0 Å². The summed E-state index contributed by atoms with van der Waals surface area (Å²) in [5.74, 6) is 0.0672. The second kappa shape index (κ2) is 11.2. The highest BCUT2D eigenvalue weighted by Crippen LogP contribution is 2.46. The third kappa shape index (κ3) is 5.27. The topological polar surface area (TPSA) is 70.1 Å². The average molecular weight is 546 g/mol. The number of anilines is 1. The van der Waals surface area contributed by atoms with Crippen LogP contribution in [-0.2, 0) is 17.8 Å². The number of rotatable bonds is 9. The number of hydrogen-bond acceptors (Lipinski definition) is 7. The van der Waals surface area contributed by atoms with Crippen LogP contribution in [0, 0.1) is 0 Å². The Bertz CT molecular complexity index is 1430. The minimum absolute atomic E-state index is 0.0672. The second-order valence-electron chi connectivity index (χ2n) is 10.5. The van der Waals surface area contributed by atoms with Crippen molar-refractivity contribution in [1.82, 2.24) is 20.2 Å².